The highest BCUT2D eigenvalue weighted by Crippen LogP contribution is 2.21. The average Bonchev–Trinajstić information content (AvgIpc) is 3.10. The van der Waals surface area contributed by atoms with E-state index in [1.54, 1.807) is 18.2 Å². The number of pyridine rings is 2. The summed E-state index contributed by atoms with van der Waals surface area (Å²) < 4.78 is 2.53. The fraction of sp³-hybridized carbons (Fsp3) is 0.0870. The summed E-state index contributed by atoms with van der Waals surface area (Å²) in [5.41, 5.74) is 3.97. The van der Waals surface area contributed by atoms with Gasteiger partial charge in [0, 0.05) is 18.3 Å². The second kappa shape index (κ2) is 8.41. The summed E-state index contributed by atoms with van der Waals surface area (Å²) in [6.07, 6.45) is 4.69. The maximum absolute atomic E-state index is 13.0. The van der Waals surface area contributed by atoms with Gasteiger partial charge in [-0.3, -0.25) is 9.59 Å². The highest BCUT2D eigenvalue weighted by molar-refractivity contribution is 6.45. The lowest BCUT2D eigenvalue weighted by atomic mass is 10.1. The summed E-state index contributed by atoms with van der Waals surface area (Å²) in [6, 6.07) is 15.3. The number of hydrogen-bond donors (Lipinski definition) is 1. The van der Waals surface area contributed by atoms with Crippen molar-refractivity contribution in [2.45, 2.75) is 13.3 Å². The van der Waals surface area contributed by atoms with Crippen molar-refractivity contribution in [3.8, 4) is 0 Å². The summed E-state index contributed by atoms with van der Waals surface area (Å²) in [5, 5.41) is 9.26. The molecule has 0 saturated heterocycles. The van der Waals surface area contributed by atoms with Crippen molar-refractivity contribution < 1.29 is 14.8 Å². The number of aryl methyl sites for hydroxylation is 1. The molecule has 0 atom stereocenters. The molecule has 0 bridgehead atoms. The van der Waals surface area contributed by atoms with Gasteiger partial charge >= 0.3 is 5.91 Å². The van der Waals surface area contributed by atoms with Crippen LogP contribution in [0, 0.1) is 6.92 Å². The van der Waals surface area contributed by atoms with Gasteiger partial charge in [-0.05, 0) is 30.7 Å². The number of halogens is 2. The summed E-state index contributed by atoms with van der Waals surface area (Å²) >= 11 is 12.0. The minimum absolute atomic E-state index is 0.0575. The van der Waals surface area contributed by atoms with E-state index in [1.807, 2.05) is 47.9 Å². The van der Waals surface area contributed by atoms with Crippen LogP contribution in [0.5, 0.6) is 0 Å². The number of rotatable bonds is 4. The largest absolute Gasteiger partial charge is 0.429 e. The molecule has 4 aromatic rings. The van der Waals surface area contributed by atoms with Gasteiger partial charge in [0.05, 0.1) is 33.5 Å². The fourth-order valence-electron chi connectivity index (χ4n) is 3.34. The Hall–Kier alpha value is -3.35. The molecule has 6 nitrogen and oxygen atoms in total. The molecule has 0 unspecified atom stereocenters. The number of hydrogen-bond acceptors (Lipinski definition) is 3. The van der Waals surface area contributed by atoms with Crippen LogP contribution in [0.1, 0.15) is 27.2 Å². The lowest BCUT2D eigenvalue weighted by Gasteiger charge is -2.03. The van der Waals surface area contributed by atoms with Crippen molar-refractivity contribution in [2.75, 3.05) is 0 Å². The number of Topliss-reactive ketones (excluding diaryl/α,β-unsaturated/α-hetero) is 1. The van der Waals surface area contributed by atoms with E-state index in [4.69, 9.17) is 23.2 Å². The molecule has 0 aliphatic carbocycles. The van der Waals surface area contributed by atoms with Crippen LogP contribution in [-0.2, 0) is 11.2 Å². The molecule has 0 aliphatic rings. The third-order valence-corrected chi connectivity index (χ3v) is 5.41. The molecule has 0 fully saturated rings. The van der Waals surface area contributed by atoms with E-state index in [0.29, 0.717) is 16.7 Å². The van der Waals surface area contributed by atoms with Gasteiger partial charge in [0.15, 0.2) is 0 Å². The predicted octanol–water partition coefficient (Wildman–Crippen LogP) is 4.49. The smallest absolute Gasteiger partial charge is 0.318 e. The average molecular weight is 454 g/mol. The third-order valence-electron chi connectivity index (χ3n) is 4.86. The van der Waals surface area contributed by atoms with E-state index in [1.165, 1.54) is 0 Å². The Labute approximate surface area is 187 Å². The number of carbonyl (C=O) groups excluding carboxylic acids is 2. The first kappa shape index (κ1) is 20.9. The van der Waals surface area contributed by atoms with E-state index in [0.717, 1.165) is 29.2 Å². The molecule has 3 aromatic heterocycles. The van der Waals surface area contributed by atoms with Gasteiger partial charge in [-0.25, -0.2) is 4.99 Å². The molecular weight excluding hydrogens is 437 g/mol. The SMILES string of the molecule is Cc1ccc(Cc2cc(C(=O)C(=O)N=c3c(Cl)cn(O)cc3Cl)c3ccccn23)cc1. The van der Waals surface area contributed by atoms with Crippen LogP contribution in [0.4, 0.5) is 0 Å². The van der Waals surface area contributed by atoms with Crippen LogP contribution in [0.25, 0.3) is 5.52 Å². The zero-order chi connectivity index (χ0) is 22.1. The van der Waals surface area contributed by atoms with Crippen molar-refractivity contribution >= 4 is 40.4 Å². The molecule has 1 amide bonds. The monoisotopic (exact) mass is 453 g/mol. The van der Waals surface area contributed by atoms with Crippen molar-refractivity contribution in [2.24, 2.45) is 4.99 Å². The van der Waals surface area contributed by atoms with Crippen LogP contribution < -0.4 is 5.36 Å². The lowest BCUT2D eigenvalue weighted by Crippen LogP contribution is -2.18. The van der Waals surface area contributed by atoms with Gasteiger partial charge in [-0.2, -0.15) is 4.73 Å². The molecule has 0 spiro atoms. The van der Waals surface area contributed by atoms with Crippen LogP contribution in [-0.4, -0.2) is 26.0 Å². The molecule has 4 rings (SSSR count). The number of nitrogens with zero attached hydrogens (tertiary/aromatic N) is 3. The maximum Gasteiger partial charge on any atom is 0.318 e. The molecule has 156 valence electrons. The number of carbonyl (C=O) groups is 2. The first-order chi connectivity index (χ1) is 14.8. The summed E-state index contributed by atoms with van der Waals surface area (Å²) in [5.74, 6) is -1.77. The summed E-state index contributed by atoms with van der Waals surface area (Å²) in [7, 11) is 0. The molecule has 0 saturated carbocycles. The quantitative estimate of drug-likeness (QED) is 0.280. The van der Waals surface area contributed by atoms with E-state index in [-0.39, 0.29) is 21.0 Å². The Morgan fingerprint density at radius 2 is 1.71 bits per heavy atom. The van der Waals surface area contributed by atoms with Crippen LogP contribution >= 0.6 is 23.2 Å². The lowest BCUT2D eigenvalue weighted by molar-refractivity contribution is -0.114. The molecule has 31 heavy (non-hydrogen) atoms. The second-order valence-corrected chi connectivity index (χ2v) is 7.91. The fourth-order valence-corrected chi connectivity index (χ4v) is 3.87. The van der Waals surface area contributed by atoms with Crippen LogP contribution in [0.2, 0.25) is 10.0 Å². The van der Waals surface area contributed by atoms with Gasteiger partial charge < -0.3 is 9.61 Å². The highest BCUT2D eigenvalue weighted by atomic mass is 35.5. The Morgan fingerprint density at radius 3 is 2.39 bits per heavy atom. The van der Waals surface area contributed by atoms with Crippen molar-refractivity contribution in [3.63, 3.8) is 0 Å². The summed E-state index contributed by atoms with van der Waals surface area (Å²) in [4.78, 5) is 29.4. The molecule has 1 aromatic carbocycles. The molecule has 3 heterocycles. The number of aromatic nitrogens is 2. The predicted molar refractivity (Wildman–Crippen MR) is 118 cm³/mol. The zero-order valence-electron chi connectivity index (χ0n) is 16.4. The molecule has 1 N–H and O–H groups in total. The zero-order valence-corrected chi connectivity index (χ0v) is 17.9. The minimum Gasteiger partial charge on any atom is -0.429 e. The Kier molecular flexibility index (Phi) is 5.67. The van der Waals surface area contributed by atoms with E-state index in [2.05, 4.69) is 4.99 Å². The maximum atomic E-state index is 13.0. The molecule has 0 radical (unpaired) electrons. The number of benzene rings is 1. The normalized spacial score (nSPS) is 10.9. The van der Waals surface area contributed by atoms with E-state index >= 15 is 0 Å². The third kappa shape index (κ3) is 4.26. The Balaban J connectivity index is 1.74. The number of amides is 1. The minimum atomic E-state index is -1.00. The Bertz CT molecular complexity index is 1360. The van der Waals surface area contributed by atoms with Crippen LogP contribution in [0.15, 0.2) is 72.1 Å². The number of fused-ring (bicyclic) bond motifs is 1. The Morgan fingerprint density at radius 1 is 1.03 bits per heavy atom. The van der Waals surface area contributed by atoms with Crippen molar-refractivity contribution in [3.05, 3.63) is 105 Å². The van der Waals surface area contributed by atoms with Crippen LogP contribution in [0.3, 0.4) is 0 Å². The first-order valence-electron chi connectivity index (χ1n) is 9.38. The van der Waals surface area contributed by atoms with Gasteiger partial charge in [0.25, 0.3) is 5.78 Å². The van der Waals surface area contributed by atoms with Crippen molar-refractivity contribution in [1.29, 1.82) is 0 Å². The molecule has 8 heteroatoms. The van der Waals surface area contributed by atoms with E-state index in [9.17, 15) is 14.8 Å². The van der Waals surface area contributed by atoms with Gasteiger partial charge in [-0.15, -0.1) is 0 Å². The molecular formula is C23H17Cl2N3O3. The second-order valence-electron chi connectivity index (χ2n) is 7.10. The standard InChI is InChI=1S/C23H17Cl2N3O3/c1-14-5-7-15(8-6-14)10-16-11-17(20-4-2-3-9-28(16)20)22(29)23(30)26-21-18(24)12-27(31)13-19(21)25/h2-9,11-13,31H,10H2,1H3. The van der Waals surface area contributed by atoms with Gasteiger partial charge in [-0.1, -0.05) is 59.1 Å². The topological polar surface area (TPSA) is 76.1 Å². The van der Waals surface area contributed by atoms with Gasteiger partial charge in [0.2, 0.25) is 0 Å². The van der Waals surface area contributed by atoms with Crippen molar-refractivity contribution in [1.82, 2.24) is 9.13 Å². The van der Waals surface area contributed by atoms with Gasteiger partial charge in [0.1, 0.15) is 5.36 Å². The number of ketones is 1. The highest BCUT2D eigenvalue weighted by Gasteiger charge is 2.22. The first-order valence-corrected chi connectivity index (χ1v) is 10.1. The molecule has 0 aliphatic heterocycles. The van der Waals surface area contributed by atoms with E-state index < -0.39 is 11.7 Å². The summed E-state index contributed by atoms with van der Waals surface area (Å²) in [6.45, 7) is 2.02.